The lowest BCUT2D eigenvalue weighted by Crippen LogP contribution is -2.33. The Morgan fingerprint density at radius 2 is 2.29 bits per heavy atom. The minimum absolute atomic E-state index is 0.0328. The molecule has 0 unspecified atom stereocenters. The van der Waals surface area contributed by atoms with Crippen LogP contribution in [-0.2, 0) is 4.79 Å². The van der Waals surface area contributed by atoms with Gasteiger partial charge >= 0.3 is 0 Å². The fraction of sp³-hybridized carbons (Fsp3) is 0.400. The standard InChI is InChI=1S/C15H18BrN3OS/c1-4-19(14(20)10(2)3)15-12(16)18-13(21-15)11-6-5-8-17-9-7-11/h5-6,8-10H,4,7H2,1-3H3. The Morgan fingerprint density at radius 1 is 1.52 bits per heavy atom. The molecule has 0 saturated carbocycles. The zero-order valence-electron chi connectivity index (χ0n) is 12.3. The number of aliphatic imine (C=N–C) groups is 1. The molecule has 112 valence electrons. The van der Waals surface area contributed by atoms with Crippen molar-refractivity contribution >= 4 is 50.0 Å². The van der Waals surface area contributed by atoms with Crippen LogP contribution in [0.3, 0.4) is 0 Å². The lowest BCUT2D eigenvalue weighted by molar-refractivity contribution is -0.121. The highest BCUT2D eigenvalue weighted by Crippen LogP contribution is 2.37. The number of hydrogen-bond donors (Lipinski definition) is 0. The number of allylic oxidation sites excluding steroid dienone is 3. The first-order chi connectivity index (χ1) is 10.0. The molecule has 2 heterocycles. The Morgan fingerprint density at radius 3 is 2.95 bits per heavy atom. The number of rotatable bonds is 4. The van der Waals surface area contributed by atoms with Crippen LogP contribution in [-0.4, -0.2) is 23.7 Å². The minimum Gasteiger partial charge on any atom is -0.302 e. The van der Waals surface area contributed by atoms with E-state index in [1.54, 1.807) is 11.1 Å². The summed E-state index contributed by atoms with van der Waals surface area (Å²) in [5, 5.41) is 1.79. The highest BCUT2D eigenvalue weighted by Gasteiger charge is 2.23. The summed E-state index contributed by atoms with van der Waals surface area (Å²) in [7, 11) is 0. The topological polar surface area (TPSA) is 45.6 Å². The Balaban J connectivity index is 2.34. The van der Waals surface area contributed by atoms with E-state index in [-0.39, 0.29) is 11.8 Å². The molecule has 1 aromatic rings. The average Bonchev–Trinajstić information content (AvgIpc) is 2.68. The zero-order valence-corrected chi connectivity index (χ0v) is 14.7. The smallest absolute Gasteiger partial charge is 0.230 e. The minimum atomic E-state index is -0.0328. The van der Waals surface area contributed by atoms with Gasteiger partial charge in [-0.2, -0.15) is 0 Å². The predicted molar refractivity (Wildman–Crippen MR) is 92.9 cm³/mol. The van der Waals surface area contributed by atoms with Gasteiger partial charge in [0.05, 0.1) is 0 Å². The first-order valence-electron chi connectivity index (χ1n) is 6.90. The number of aromatic nitrogens is 1. The van der Waals surface area contributed by atoms with Gasteiger partial charge in [0.1, 0.15) is 14.6 Å². The normalized spacial score (nSPS) is 14.2. The van der Waals surface area contributed by atoms with E-state index < -0.39 is 0 Å². The molecule has 0 N–H and O–H groups in total. The Hall–Kier alpha value is -1.27. The van der Waals surface area contributed by atoms with Gasteiger partial charge in [0.15, 0.2) is 0 Å². The first-order valence-corrected chi connectivity index (χ1v) is 8.51. The van der Waals surface area contributed by atoms with E-state index in [0.29, 0.717) is 6.54 Å². The fourth-order valence-electron chi connectivity index (χ4n) is 1.96. The number of amides is 1. The summed E-state index contributed by atoms with van der Waals surface area (Å²) >= 11 is 5.03. The van der Waals surface area contributed by atoms with Crippen LogP contribution >= 0.6 is 27.3 Å². The van der Waals surface area contributed by atoms with Crippen LogP contribution < -0.4 is 4.90 Å². The molecule has 6 heteroatoms. The van der Waals surface area contributed by atoms with Gasteiger partial charge in [-0.3, -0.25) is 9.79 Å². The van der Waals surface area contributed by atoms with Crippen LogP contribution in [0.1, 0.15) is 32.2 Å². The van der Waals surface area contributed by atoms with Crippen molar-refractivity contribution in [2.45, 2.75) is 27.2 Å². The molecule has 1 aliphatic heterocycles. The second kappa shape index (κ2) is 7.13. The van der Waals surface area contributed by atoms with Gasteiger partial charge in [0, 0.05) is 31.3 Å². The van der Waals surface area contributed by atoms with E-state index in [0.717, 1.165) is 26.6 Å². The van der Waals surface area contributed by atoms with Gasteiger partial charge in [-0.1, -0.05) is 31.3 Å². The molecule has 2 rings (SSSR count). The van der Waals surface area contributed by atoms with Gasteiger partial charge in [0.2, 0.25) is 5.91 Å². The van der Waals surface area contributed by atoms with Crippen LogP contribution in [0.2, 0.25) is 0 Å². The quantitative estimate of drug-likeness (QED) is 0.796. The SMILES string of the molecule is CCN(C(=O)C(C)C)c1sc(C2=CC=CN=CC2)nc1Br. The molecular formula is C15H18BrN3OS. The maximum Gasteiger partial charge on any atom is 0.230 e. The van der Waals surface area contributed by atoms with Crippen LogP contribution in [0.25, 0.3) is 5.57 Å². The first kappa shape index (κ1) is 16.1. The molecule has 0 radical (unpaired) electrons. The molecule has 0 fully saturated rings. The van der Waals surface area contributed by atoms with Crippen LogP contribution in [0.4, 0.5) is 5.00 Å². The molecule has 1 aliphatic rings. The summed E-state index contributed by atoms with van der Waals surface area (Å²) in [6.45, 7) is 6.44. The molecule has 0 bridgehead atoms. The lowest BCUT2D eigenvalue weighted by Gasteiger charge is -2.21. The monoisotopic (exact) mass is 367 g/mol. The number of carbonyl (C=O) groups excluding carboxylic acids is 1. The fourth-order valence-corrected chi connectivity index (χ4v) is 3.77. The third-order valence-electron chi connectivity index (χ3n) is 3.05. The summed E-state index contributed by atoms with van der Waals surface area (Å²) in [4.78, 5) is 22.8. The highest BCUT2D eigenvalue weighted by atomic mass is 79.9. The van der Waals surface area contributed by atoms with Crippen molar-refractivity contribution in [2.24, 2.45) is 10.9 Å². The van der Waals surface area contributed by atoms with E-state index in [4.69, 9.17) is 0 Å². The third-order valence-corrected chi connectivity index (χ3v) is 5.02. The second-order valence-corrected chi connectivity index (χ2v) is 6.65. The molecule has 0 atom stereocenters. The molecule has 4 nitrogen and oxygen atoms in total. The van der Waals surface area contributed by atoms with E-state index >= 15 is 0 Å². The lowest BCUT2D eigenvalue weighted by atomic mass is 10.2. The summed E-state index contributed by atoms with van der Waals surface area (Å²) in [6.07, 6.45) is 8.29. The van der Waals surface area contributed by atoms with E-state index in [9.17, 15) is 4.79 Å². The largest absolute Gasteiger partial charge is 0.302 e. The summed E-state index contributed by atoms with van der Waals surface area (Å²) in [5.41, 5.74) is 1.11. The predicted octanol–water partition coefficient (Wildman–Crippen LogP) is 4.29. The van der Waals surface area contributed by atoms with E-state index in [2.05, 4.69) is 25.9 Å². The average molecular weight is 368 g/mol. The van der Waals surface area contributed by atoms with Crippen molar-refractivity contribution in [3.05, 3.63) is 28.0 Å². The van der Waals surface area contributed by atoms with Gasteiger partial charge in [-0.05, 0) is 34.5 Å². The molecular weight excluding hydrogens is 350 g/mol. The third kappa shape index (κ3) is 3.68. The molecule has 0 aliphatic carbocycles. The van der Waals surface area contributed by atoms with Gasteiger partial charge in [-0.25, -0.2) is 4.98 Å². The number of nitrogens with zero attached hydrogens (tertiary/aromatic N) is 3. The molecule has 1 aromatic heterocycles. The number of hydrogen-bond acceptors (Lipinski definition) is 4. The van der Waals surface area contributed by atoms with Crippen molar-refractivity contribution in [1.82, 2.24) is 4.98 Å². The number of anilines is 1. The van der Waals surface area contributed by atoms with Crippen LogP contribution in [0.15, 0.2) is 27.9 Å². The Labute approximate surface area is 137 Å². The molecule has 21 heavy (non-hydrogen) atoms. The van der Waals surface area contributed by atoms with Crippen molar-refractivity contribution < 1.29 is 4.79 Å². The second-order valence-electron chi connectivity index (χ2n) is 4.92. The zero-order chi connectivity index (χ0) is 15.4. The highest BCUT2D eigenvalue weighted by molar-refractivity contribution is 9.10. The van der Waals surface area contributed by atoms with Crippen molar-refractivity contribution in [1.29, 1.82) is 0 Å². The van der Waals surface area contributed by atoms with Gasteiger partial charge in [-0.15, -0.1) is 0 Å². The number of halogens is 1. The summed E-state index contributed by atoms with van der Waals surface area (Å²) < 4.78 is 0.726. The van der Waals surface area contributed by atoms with Crippen LogP contribution in [0, 0.1) is 5.92 Å². The van der Waals surface area contributed by atoms with Crippen molar-refractivity contribution in [3.8, 4) is 0 Å². The van der Waals surface area contributed by atoms with E-state index in [1.807, 2.05) is 39.1 Å². The number of carbonyl (C=O) groups is 1. The molecule has 1 amide bonds. The Bertz CT molecular complexity index is 616. The van der Waals surface area contributed by atoms with Gasteiger partial charge < -0.3 is 4.90 Å². The van der Waals surface area contributed by atoms with E-state index in [1.165, 1.54) is 11.3 Å². The molecule has 0 spiro atoms. The maximum absolute atomic E-state index is 12.3. The van der Waals surface area contributed by atoms with Crippen molar-refractivity contribution in [2.75, 3.05) is 11.4 Å². The number of thiazole rings is 1. The van der Waals surface area contributed by atoms with Crippen LogP contribution in [0.5, 0.6) is 0 Å². The maximum atomic E-state index is 12.3. The summed E-state index contributed by atoms with van der Waals surface area (Å²) in [5.74, 6) is 0.0827. The molecule has 0 aromatic carbocycles. The Kier molecular flexibility index (Phi) is 5.47. The molecule has 0 saturated heterocycles. The summed E-state index contributed by atoms with van der Waals surface area (Å²) in [6, 6.07) is 0. The van der Waals surface area contributed by atoms with Gasteiger partial charge in [0.25, 0.3) is 0 Å². The van der Waals surface area contributed by atoms with Crippen molar-refractivity contribution in [3.63, 3.8) is 0 Å².